The van der Waals surface area contributed by atoms with Gasteiger partial charge in [0.05, 0.1) is 5.69 Å². The van der Waals surface area contributed by atoms with E-state index < -0.39 is 6.09 Å². The highest BCUT2D eigenvalue weighted by Gasteiger charge is 2.47. The quantitative estimate of drug-likeness (QED) is 0.833. The predicted molar refractivity (Wildman–Crippen MR) is 105 cm³/mol. The van der Waals surface area contributed by atoms with E-state index in [4.69, 9.17) is 0 Å². The largest absolute Gasteiger partial charge is 0.465 e. The molecular formula is C22H32N2O2. The fourth-order valence-corrected chi connectivity index (χ4v) is 5.68. The maximum atomic E-state index is 11.7. The first-order valence-corrected chi connectivity index (χ1v) is 10.3. The van der Waals surface area contributed by atoms with Gasteiger partial charge in [0.1, 0.15) is 0 Å². The molecule has 1 saturated heterocycles. The minimum absolute atomic E-state index is 0.0284. The Morgan fingerprint density at radius 3 is 2.38 bits per heavy atom. The fourth-order valence-electron chi connectivity index (χ4n) is 5.68. The normalized spacial score (nSPS) is 28.5. The van der Waals surface area contributed by atoms with E-state index in [2.05, 4.69) is 30.9 Å². The van der Waals surface area contributed by atoms with Crippen LogP contribution < -0.4 is 4.90 Å². The number of anilines is 1. The van der Waals surface area contributed by atoms with E-state index in [-0.39, 0.29) is 5.41 Å². The van der Waals surface area contributed by atoms with E-state index in [1.54, 1.807) is 4.90 Å². The van der Waals surface area contributed by atoms with Crippen molar-refractivity contribution in [2.24, 2.45) is 11.8 Å². The number of fused-ring (bicyclic) bond motifs is 2. The molecule has 0 aromatic heterocycles. The zero-order chi connectivity index (χ0) is 18.3. The van der Waals surface area contributed by atoms with Gasteiger partial charge in [0.2, 0.25) is 0 Å². The summed E-state index contributed by atoms with van der Waals surface area (Å²) in [4.78, 5) is 16.0. The van der Waals surface area contributed by atoms with Crippen molar-refractivity contribution in [2.45, 2.75) is 63.8 Å². The van der Waals surface area contributed by atoms with E-state index in [9.17, 15) is 9.90 Å². The Labute approximate surface area is 157 Å². The molecule has 4 rings (SSSR count). The van der Waals surface area contributed by atoms with Gasteiger partial charge >= 0.3 is 6.09 Å². The summed E-state index contributed by atoms with van der Waals surface area (Å²) < 4.78 is 0. The van der Waals surface area contributed by atoms with Crippen LogP contribution in [0.5, 0.6) is 0 Å². The molecule has 1 saturated carbocycles. The van der Waals surface area contributed by atoms with Gasteiger partial charge in [0, 0.05) is 18.0 Å². The Bertz CT molecular complexity index is 656. The molecule has 1 aromatic carbocycles. The third-order valence-corrected chi connectivity index (χ3v) is 7.41. The van der Waals surface area contributed by atoms with Gasteiger partial charge in [-0.05, 0) is 75.1 Å². The smallest absolute Gasteiger partial charge is 0.411 e. The average molecular weight is 357 g/mol. The maximum absolute atomic E-state index is 11.7. The molecule has 1 amide bonds. The summed E-state index contributed by atoms with van der Waals surface area (Å²) in [5.74, 6) is 1.73. The molecule has 1 aliphatic carbocycles. The summed E-state index contributed by atoms with van der Waals surface area (Å²) >= 11 is 0. The molecule has 26 heavy (non-hydrogen) atoms. The van der Waals surface area contributed by atoms with Crippen LogP contribution in [0.4, 0.5) is 10.5 Å². The molecule has 0 unspecified atom stereocenters. The second-order valence-electron chi connectivity index (χ2n) is 9.01. The molecular weight excluding hydrogens is 324 g/mol. The summed E-state index contributed by atoms with van der Waals surface area (Å²) in [6.07, 6.45) is 6.78. The predicted octanol–water partition coefficient (Wildman–Crippen LogP) is 4.73. The lowest BCUT2D eigenvalue weighted by atomic mass is 9.73. The van der Waals surface area contributed by atoms with Crippen molar-refractivity contribution < 1.29 is 9.90 Å². The zero-order valence-electron chi connectivity index (χ0n) is 16.2. The Morgan fingerprint density at radius 2 is 1.77 bits per heavy atom. The second-order valence-corrected chi connectivity index (χ2v) is 9.01. The number of carbonyl (C=O) groups is 1. The molecule has 0 bridgehead atoms. The SMILES string of the molecule is CC(C)C1CCC(N2CCC3(CC2)CN(C(=O)O)c2ccccc23)CC1. The standard InChI is InChI=1S/C22H32N2O2/c1-16(2)17-7-9-18(10-8-17)23-13-11-22(12-14-23)15-24(21(25)26)20-6-4-3-5-19(20)22/h3-6,16-18H,7-15H2,1-2H3,(H,25,26). The Hall–Kier alpha value is -1.55. The van der Waals surface area contributed by atoms with Gasteiger partial charge in [-0.3, -0.25) is 4.90 Å². The number of para-hydroxylation sites is 1. The number of nitrogens with zero attached hydrogens (tertiary/aromatic N) is 2. The molecule has 1 N–H and O–H groups in total. The molecule has 0 radical (unpaired) electrons. The molecule has 2 fully saturated rings. The van der Waals surface area contributed by atoms with Crippen molar-refractivity contribution in [3.63, 3.8) is 0 Å². The van der Waals surface area contributed by atoms with E-state index in [0.717, 1.165) is 49.5 Å². The lowest BCUT2D eigenvalue weighted by molar-refractivity contribution is 0.0792. The molecule has 2 aliphatic heterocycles. The minimum Gasteiger partial charge on any atom is -0.465 e. The van der Waals surface area contributed by atoms with Gasteiger partial charge in [0.25, 0.3) is 0 Å². The zero-order valence-corrected chi connectivity index (χ0v) is 16.2. The van der Waals surface area contributed by atoms with Crippen LogP contribution in [0.1, 0.15) is 57.9 Å². The highest BCUT2D eigenvalue weighted by Crippen LogP contribution is 2.47. The van der Waals surface area contributed by atoms with Gasteiger partial charge in [-0.25, -0.2) is 4.79 Å². The van der Waals surface area contributed by atoms with Crippen LogP contribution in [-0.4, -0.2) is 41.8 Å². The first kappa shape index (κ1) is 17.8. The molecule has 142 valence electrons. The number of carboxylic acid groups (broad SMARTS) is 1. The van der Waals surface area contributed by atoms with Crippen LogP contribution in [0.15, 0.2) is 24.3 Å². The third kappa shape index (κ3) is 3.02. The maximum Gasteiger partial charge on any atom is 0.411 e. The summed E-state index contributed by atoms with van der Waals surface area (Å²) in [6, 6.07) is 8.88. The molecule has 0 atom stereocenters. The highest BCUT2D eigenvalue weighted by molar-refractivity contribution is 5.90. The summed E-state index contributed by atoms with van der Waals surface area (Å²) in [7, 11) is 0. The van der Waals surface area contributed by atoms with Gasteiger partial charge in [-0.15, -0.1) is 0 Å². The summed E-state index contributed by atoms with van der Waals surface area (Å²) in [5, 5.41) is 9.61. The molecule has 3 aliphatic rings. The van der Waals surface area contributed by atoms with Crippen molar-refractivity contribution in [1.82, 2.24) is 4.90 Å². The number of rotatable bonds is 2. The number of piperidine rings is 1. The van der Waals surface area contributed by atoms with Crippen molar-refractivity contribution in [3.05, 3.63) is 29.8 Å². The van der Waals surface area contributed by atoms with Gasteiger partial charge in [-0.2, -0.15) is 0 Å². The minimum atomic E-state index is -0.816. The molecule has 1 spiro atoms. The van der Waals surface area contributed by atoms with E-state index in [1.165, 1.54) is 31.2 Å². The molecule has 1 aromatic rings. The second kappa shape index (κ2) is 6.88. The number of hydrogen-bond donors (Lipinski definition) is 1. The lowest BCUT2D eigenvalue weighted by Crippen LogP contribution is -2.49. The van der Waals surface area contributed by atoms with Crippen LogP contribution >= 0.6 is 0 Å². The van der Waals surface area contributed by atoms with E-state index >= 15 is 0 Å². The number of amides is 1. The Balaban J connectivity index is 1.43. The Kier molecular flexibility index (Phi) is 4.72. The van der Waals surface area contributed by atoms with Gasteiger partial charge in [0.15, 0.2) is 0 Å². The van der Waals surface area contributed by atoms with Crippen LogP contribution in [0.25, 0.3) is 0 Å². The number of benzene rings is 1. The van der Waals surface area contributed by atoms with Crippen molar-refractivity contribution >= 4 is 11.8 Å². The van der Waals surface area contributed by atoms with Crippen LogP contribution in [-0.2, 0) is 5.41 Å². The van der Waals surface area contributed by atoms with Crippen LogP contribution in [0, 0.1) is 11.8 Å². The average Bonchev–Trinajstić information content (AvgIpc) is 2.97. The summed E-state index contributed by atoms with van der Waals surface area (Å²) in [5.41, 5.74) is 2.19. The number of hydrogen-bond acceptors (Lipinski definition) is 2. The number of likely N-dealkylation sites (tertiary alicyclic amines) is 1. The first-order chi connectivity index (χ1) is 12.5. The molecule has 4 nitrogen and oxygen atoms in total. The topological polar surface area (TPSA) is 43.8 Å². The van der Waals surface area contributed by atoms with Crippen molar-refractivity contribution in [2.75, 3.05) is 24.5 Å². The van der Waals surface area contributed by atoms with Gasteiger partial charge < -0.3 is 10.0 Å². The monoisotopic (exact) mass is 356 g/mol. The lowest BCUT2D eigenvalue weighted by Gasteiger charge is -2.45. The Morgan fingerprint density at radius 1 is 1.12 bits per heavy atom. The van der Waals surface area contributed by atoms with Crippen LogP contribution in [0.2, 0.25) is 0 Å². The van der Waals surface area contributed by atoms with Crippen molar-refractivity contribution in [3.8, 4) is 0 Å². The van der Waals surface area contributed by atoms with Crippen LogP contribution in [0.3, 0.4) is 0 Å². The van der Waals surface area contributed by atoms with E-state index in [1.807, 2.05) is 12.1 Å². The summed E-state index contributed by atoms with van der Waals surface area (Å²) in [6.45, 7) is 7.58. The first-order valence-electron chi connectivity index (χ1n) is 10.3. The van der Waals surface area contributed by atoms with Gasteiger partial charge in [-0.1, -0.05) is 32.0 Å². The molecule has 2 heterocycles. The van der Waals surface area contributed by atoms with Crippen molar-refractivity contribution in [1.29, 1.82) is 0 Å². The molecule has 4 heteroatoms. The highest BCUT2D eigenvalue weighted by atomic mass is 16.4. The third-order valence-electron chi connectivity index (χ3n) is 7.41. The van der Waals surface area contributed by atoms with E-state index in [0.29, 0.717) is 6.54 Å². The fraction of sp³-hybridized carbons (Fsp3) is 0.682.